The summed E-state index contributed by atoms with van der Waals surface area (Å²) in [6, 6.07) is 3.40. The second kappa shape index (κ2) is 4.36. The van der Waals surface area contributed by atoms with Crippen LogP contribution in [0.25, 0.3) is 6.08 Å². The van der Waals surface area contributed by atoms with E-state index in [1.807, 2.05) is 0 Å². The van der Waals surface area contributed by atoms with Crippen LogP contribution in [0.3, 0.4) is 0 Å². The largest absolute Gasteiger partial charge is 0.436 e. The molecule has 0 saturated carbocycles. The van der Waals surface area contributed by atoms with E-state index in [0.717, 1.165) is 12.1 Å². The minimum absolute atomic E-state index is 0.393. The maximum absolute atomic E-state index is 13.4. The van der Waals surface area contributed by atoms with Crippen molar-refractivity contribution in [2.24, 2.45) is 0 Å². The topological polar surface area (TPSA) is 54.4 Å². The van der Waals surface area contributed by atoms with Crippen molar-refractivity contribution in [1.29, 1.82) is 0 Å². The quantitative estimate of drug-likeness (QED) is 0.683. The van der Waals surface area contributed by atoms with Gasteiger partial charge in [-0.3, -0.25) is 4.55 Å². The first kappa shape index (κ1) is 14.7. The Labute approximate surface area is 100 Å². The molecule has 0 saturated heterocycles. The van der Waals surface area contributed by atoms with Gasteiger partial charge in [-0.2, -0.15) is 26.0 Å². The van der Waals surface area contributed by atoms with Crippen molar-refractivity contribution in [2.45, 2.75) is 11.2 Å². The second-order valence-corrected chi connectivity index (χ2v) is 4.86. The van der Waals surface area contributed by atoms with Crippen molar-refractivity contribution in [2.75, 3.05) is 0 Å². The molecule has 1 N–H and O–H groups in total. The molecular formula is C10H8F4O3S. The van der Waals surface area contributed by atoms with Crippen LogP contribution >= 0.6 is 0 Å². The number of hydrogen-bond donors (Lipinski definition) is 1. The third kappa shape index (κ3) is 2.25. The smallest absolute Gasteiger partial charge is 0.281 e. The fourth-order valence-corrected chi connectivity index (χ4v) is 1.60. The molecule has 0 fully saturated rings. The van der Waals surface area contributed by atoms with Crippen LogP contribution in [0.1, 0.15) is 11.1 Å². The first-order valence-corrected chi connectivity index (χ1v) is 5.93. The zero-order chi connectivity index (χ0) is 14.2. The molecule has 0 amide bonds. The molecule has 1 aromatic carbocycles. The Balaban J connectivity index is 3.32. The van der Waals surface area contributed by atoms with E-state index in [1.54, 1.807) is 0 Å². The molecule has 0 aliphatic carbocycles. The monoisotopic (exact) mass is 284 g/mol. The van der Waals surface area contributed by atoms with Gasteiger partial charge in [0.2, 0.25) is 0 Å². The molecule has 0 bridgehead atoms. The first-order valence-electron chi connectivity index (χ1n) is 4.49. The van der Waals surface area contributed by atoms with Crippen LogP contribution in [0.5, 0.6) is 0 Å². The molecule has 0 aliphatic heterocycles. The highest BCUT2D eigenvalue weighted by Crippen LogP contribution is 2.45. The molecule has 0 atom stereocenters. The minimum atomic E-state index is -6.23. The standard InChI is InChI=1S/C10H8F4O3S/c1-2-7-3-5-8(6-4-7)9(11,12)10(13,14)18(15,16)17/h2-6H,1H2,(H,15,16,17). The molecule has 1 rings (SSSR count). The molecule has 0 aromatic heterocycles. The molecule has 0 radical (unpaired) electrons. The van der Waals surface area contributed by atoms with Gasteiger partial charge in [0.25, 0.3) is 0 Å². The number of halogens is 4. The van der Waals surface area contributed by atoms with Crippen LogP contribution in [0.2, 0.25) is 0 Å². The highest BCUT2D eigenvalue weighted by molar-refractivity contribution is 7.86. The SMILES string of the molecule is C=Cc1ccc(C(F)(F)C(F)(F)S(=O)(=O)O)cc1. The van der Waals surface area contributed by atoms with Crippen molar-refractivity contribution in [3.05, 3.63) is 42.0 Å². The lowest BCUT2D eigenvalue weighted by molar-refractivity contribution is -0.167. The lowest BCUT2D eigenvalue weighted by atomic mass is 10.1. The number of hydrogen-bond acceptors (Lipinski definition) is 2. The molecule has 1 aromatic rings. The predicted octanol–water partition coefficient (Wildman–Crippen LogP) is 2.90. The zero-order valence-corrected chi connectivity index (χ0v) is 9.59. The lowest BCUT2D eigenvalue weighted by Gasteiger charge is -2.24. The van der Waals surface area contributed by atoms with Gasteiger partial charge in [0.05, 0.1) is 0 Å². The Morgan fingerprint density at radius 3 is 1.89 bits per heavy atom. The molecule has 0 spiro atoms. The van der Waals surface area contributed by atoms with E-state index in [0.29, 0.717) is 17.7 Å². The minimum Gasteiger partial charge on any atom is -0.281 e. The van der Waals surface area contributed by atoms with Gasteiger partial charge >= 0.3 is 21.3 Å². The molecule has 0 unspecified atom stereocenters. The molecule has 100 valence electrons. The van der Waals surface area contributed by atoms with Crippen LogP contribution in [-0.4, -0.2) is 18.2 Å². The van der Waals surface area contributed by atoms with Gasteiger partial charge in [0.15, 0.2) is 0 Å². The Hall–Kier alpha value is -1.41. The van der Waals surface area contributed by atoms with E-state index in [9.17, 15) is 26.0 Å². The lowest BCUT2D eigenvalue weighted by Crippen LogP contribution is -2.44. The van der Waals surface area contributed by atoms with E-state index in [4.69, 9.17) is 4.55 Å². The zero-order valence-electron chi connectivity index (χ0n) is 8.78. The van der Waals surface area contributed by atoms with E-state index in [-0.39, 0.29) is 0 Å². The summed E-state index contributed by atoms with van der Waals surface area (Å²) in [5, 5.41) is -5.60. The van der Waals surface area contributed by atoms with Gasteiger partial charge in [0.1, 0.15) is 0 Å². The summed E-state index contributed by atoms with van der Waals surface area (Å²) in [6.07, 6.45) is 1.29. The summed E-state index contributed by atoms with van der Waals surface area (Å²) in [4.78, 5) is 0. The van der Waals surface area contributed by atoms with Gasteiger partial charge in [-0.15, -0.1) is 0 Å². The summed E-state index contributed by atoms with van der Waals surface area (Å²) >= 11 is 0. The Kier molecular flexibility index (Phi) is 3.55. The Morgan fingerprint density at radius 1 is 1.11 bits per heavy atom. The van der Waals surface area contributed by atoms with Crippen LogP contribution in [0.15, 0.2) is 30.8 Å². The third-order valence-corrected chi connectivity index (χ3v) is 3.10. The van der Waals surface area contributed by atoms with Gasteiger partial charge in [-0.25, -0.2) is 0 Å². The van der Waals surface area contributed by atoms with Crippen molar-refractivity contribution < 1.29 is 30.5 Å². The molecule has 0 aliphatic rings. The fraction of sp³-hybridized carbons (Fsp3) is 0.200. The molecular weight excluding hydrogens is 276 g/mol. The Bertz CT molecular complexity index is 549. The predicted molar refractivity (Wildman–Crippen MR) is 56.9 cm³/mol. The van der Waals surface area contributed by atoms with Crippen LogP contribution in [0.4, 0.5) is 17.6 Å². The van der Waals surface area contributed by atoms with Gasteiger partial charge in [-0.05, 0) is 5.56 Å². The Morgan fingerprint density at radius 2 is 1.56 bits per heavy atom. The van der Waals surface area contributed by atoms with Crippen molar-refractivity contribution >= 4 is 16.2 Å². The molecule has 8 heteroatoms. The van der Waals surface area contributed by atoms with E-state index in [1.165, 1.54) is 6.08 Å². The second-order valence-electron chi connectivity index (χ2n) is 3.39. The van der Waals surface area contributed by atoms with Crippen LogP contribution in [-0.2, 0) is 16.0 Å². The number of rotatable bonds is 4. The maximum Gasteiger partial charge on any atom is 0.436 e. The van der Waals surface area contributed by atoms with Crippen molar-refractivity contribution in [3.63, 3.8) is 0 Å². The number of benzene rings is 1. The maximum atomic E-state index is 13.4. The van der Waals surface area contributed by atoms with Gasteiger partial charge < -0.3 is 0 Å². The highest BCUT2D eigenvalue weighted by atomic mass is 32.2. The average Bonchev–Trinajstić information content (AvgIpc) is 2.27. The van der Waals surface area contributed by atoms with E-state index < -0.39 is 26.9 Å². The van der Waals surface area contributed by atoms with Crippen LogP contribution in [0, 0.1) is 0 Å². The van der Waals surface area contributed by atoms with Gasteiger partial charge in [0, 0.05) is 5.56 Å². The fourth-order valence-electron chi connectivity index (χ4n) is 1.16. The van der Waals surface area contributed by atoms with E-state index >= 15 is 0 Å². The number of alkyl halides is 4. The summed E-state index contributed by atoms with van der Waals surface area (Å²) in [6.45, 7) is 3.34. The van der Waals surface area contributed by atoms with Crippen molar-refractivity contribution in [3.8, 4) is 0 Å². The molecule has 18 heavy (non-hydrogen) atoms. The highest BCUT2D eigenvalue weighted by Gasteiger charge is 2.66. The third-order valence-electron chi connectivity index (χ3n) is 2.20. The normalized spacial score (nSPS) is 13.4. The first-order chi connectivity index (χ1) is 8.04. The average molecular weight is 284 g/mol. The summed E-state index contributed by atoms with van der Waals surface area (Å²) in [5.41, 5.74) is -0.833. The van der Waals surface area contributed by atoms with Gasteiger partial charge in [-0.1, -0.05) is 36.9 Å². The summed E-state index contributed by atoms with van der Waals surface area (Å²) in [7, 11) is -6.23. The van der Waals surface area contributed by atoms with Crippen LogP contribution < -0.4 is 0 Å². The molecule has 0 heterocycles. The molecule has 3 nitrogen and oxygen atoms in total. The summed E-state index contributed by atoms with van der Waals surface area (Å²) in [5.74, 6) is -5.04. The summed E-state index contributed by atoms with van der Waals surface area (Å²) < 4.78 is 81.4. The van der Waals surface area contributed by atoms with Crippen molar-refractivity contribution in [1.82, 2.24) is 0 Å². The van der Waals surface area contributed by atoms with E-state index in [2.05, 4.69) is 6.58 Å².